The van der Waals surface area contributed by atoms with Crippen molar-refractivity contribution < 1.29 is 14.4 Å². The van der Waals surface area contributed by atoms with Crippen LogP contribution in [-0.4, -0.2) is 9.79 Å². The molecule has 0 fully saturated rings. The van der Waals surface area contributed by atoms with Crippen LogP contribution in [0.1, 0.15) is 55.5 Å². The van der Waals surface area contributed by atoms with E-state index in [0.717, 1.165) is 36.8 Å². The number of rotatable bonds is 6. The van der Waals surface area contributed by atoms with Gasteiger partial charge in [-0.25, -0.2) is 0 Å². The molecule has 4 heteroatoms. The molecule has 0 aliphatic heterocycles. The largest absolute Gasteiger partial charge is 0.329 e. The van der Waals surface area contributed by atoms with Crippen molar-refractivity contribution in [1.82, 2.24) is 0 Å². The molecular formula is C15H25O3P. The van der Waals surface area contributed by atoms with E-state index in [1.165, 1.54) is 16.7 Å². The summed E-state index contributed by atoms with van der Waals surface area (Å²) < 4.78 is 11.3. The molecule has 0 aliphatic rings. The molecule has 0 atom stereocenters. The second-order valence-corrected chi connectivity index (χ2v) is 6.51. The lowest BCUT2D eigenvalue weighted by atomic mass is 9.87. The molecule has 0 aliphatic carbocycles. The summed E-state index contributed by atoms with van der Waals surface area (Å²) >= 11 is 0. The zero-order chi connectivity index (χ0) is 14.6. The summed E-state index contributed by atoms with van der Waals surface area (Å²) in [5, 5.41) is 0. The lowest BCUT2D eigenvalue weighted by Crippen LogP contribution is -2.07. The molecule has 2 N–H and O–H groups in total. The van der Waals surface area contributed by atoms with Gasteiger partial charge >= 0.3 is 7.60 Å². The van der Waals surface area contributed by atoms with Crippen LogP contribution in [-0.2, 0) is 36.4 Å². The minimum atomic E-state index is -4.01. The van der Waals surface area contributed by atoms with Crippen LogP contribution in [0.3, 0.4) is 0 Å². The number of hydrogen-bond acceptors (Lipinski definition) is 1. The first-order valence-corrected chi connectivity index (χ1v) is 8.87. The predicted octanol–water partition coefficient (Wildman–Crippen LogP) is 3.61. The SMILES string of the molecule is CCc1cc(CP(=O)(O)O)c(CC)c(CC)c1CC. The maximum atomic E-state index is 11.3. The first-order valence-electron chi connectivity index (χ1n) is 7.07. The summed E-state index contributed by atoms with van der Waals surface area (Å²) in [6, 6.07) is 2.01. The fraction of sp³-hybridized carbons (Fsp3) is 0.600. The van der Waals surface area contributed by atoms with Crippen molar-refractivity contribution >= 4 is 7.60 Å². The van der Waals surface area contributed by atoms with Gasteiger partial charge in [0.15, 0.2) is 0 Å². The molecule has 0 heterocycles. The maximum Gasteiger partial charge on any atom is 0.329 e. The Hall–Kier alpha value is -0.630. The molecule has 3 nitrogen and oxygen atoms in total. The molecule has 1 aromatic rings. The van der Waals surface area contributed by atoms with E-state index in [1.807, 2.05) is 6.07 Å². The Morgan fingerprint density at radius 3 is 1.68 bits per heavy atom. The Bertz CT molecular complexity index is 489. The molecule has 19 heavy (non-hydrogen) atoms. The van der Waals surface area contributed by atoms with Crippen LogP contribution < -0.4 is 0 Å². The first-order chi connectivity index (χ1) is 8.87. The number of benzene rings is 1. The van der Waals surface area contributed by atoms with Crippen molar-refractivity contribution in [2.45, 2.75) is 59.5 Å². The summed E-state index contributed by atoms with van der Waals surface area (Å²) in [5.74, 6) is 0. The zero-order valence-corrected chi connectivity index (χ0v) is 13.3. The van der Waals surface area contributed by atoms with Crippen molar-refractivity contribution in [3.63, 3.8) is 0 Å². The van der Waals surface area contributed by atoms with Gasteiger partial charge in [-0.1, -0.05) is 33.8 Å². The molecular weight excluding hydrogens is 259 g/mol. The van der Waals surface area contributed by atoms with Gasteiger partial charge < -0.3 is 9.79 Å². The van der Waals surface area contributed by atoms with Gasteiger partial charge in [0, 0.05) is 0 Å². The highest BCUT2D eigenvalue weighted by Gasteiger charge is 2.20. The normalized spacial score (nSPS) is 11.9. The second-order valence-electron chi connectivity index (χ2n) is 4.87. The molecule has 1 aromatic carbocycles. The minimum Gasteiger partial charge on any atom is -0.324 e. The second kappa shape index (κ2) is 6.69. The van der Waals surface area contributed by atoms with E-state index in [2.05, 4.69) is 27.7 Å². The van der Waals surface area contributed by atoms with E-state index in [4.69, 9.17) is 0 Å². The predicted molar refractivity (Wildman–Crippen MR) is 79.7 cm³/mol. The Morgan fingerprint density at radius 1 is 0.842 bits per heavy atom. The smallest absolute Gasteiger partial charge is 0.324 e. The van der Waals surface area contributed by atoms with Crippen molar-refractivity contribution in [2.75, 3.05) is 0 Å². The Kier molecular flexibility index (Phi) is 5.79. The van der Waals surface area contributed by atoms with Gasteiger partial charge in [0.25, 0.3) is 0 Å². The third kappa shape index (κ3) is 3.92. The maximum absolute atomic E-state index is 11.3. The molecule has 108 valence electrons. The summed E-state index contributed by atoms with van der Waals surface area (Å²) in [7, 11) is -4.01. The highest BCUT2D eigenvalue weighted by molar-refractivity contribution is 7.50. The Balaban J connectivity index is 3.50. The molecule has 0 bridgehead atoms. The molecule has 0 saturated carbocycles. The van der Waals surface area contributed by atoms with Gasteiger partial charge in [0.05, 0.1) is 6.16 Å². The fourth-order valence-electron chi connectivity index (χ4n) is 2.94. The first kappa shape index (κ1) is 16.4. The fourth-order valence-corrected chi connectivity index (χ4v) is 3.67. The zero-order valence-electron chi connectivity index (χ0n) is 12.4. The highest BCUT2D eigenvalue weighted by atomic mass is 31.2. The summed E-state index contributed by atoms with van der Waals surface area (Å²) in [5.41, 5.74) is 5.88. The average molecular weight is 284 g/mol. The third-order valence-electron chi connectivity index (χ3n) is 3.67. The molecule has 0 aromatic heterocycles. The van der Waals surface area contributed by atoms with E-state index in [9.17, 15) is 14.4 Å². The van der Waals surface area contributed by atoms with Crippen LogP contribution in [0.15, 0.2) is 6.07 Å². The van der Waals surface area contributed by atoms with Crippen LogP contribution in [0.4, 0.5) is 0 Å². The number of hydrogen-bond donors (Lipinski definition) is 2. The Morgan fingerprint density at radius 2 is 1.32 bits per heavy atom. The van der Waals surface area contributed by atoms with Gasteiger partial charge in [-0.2, -0.15) is 0 Å². The third-order valence-corrected chi connectivity index (χ3v) is 4.42. The van der Waals surface area contributed by atoms with Gasteiger partial charge in [-0.05, 0) is 53.5 Å². The molecule has 0 amide bonds. The highest BCUT2D eigenvalue weighted by Crippen LogP contribution is 2.41. The summed E-state index contributed by atoms with van der Waals surface area (Å²) in [6.45, 7) is 8.42. The lowest BCUT2D eigenvalue weighted by Gasteiger charge is -2.20. The van der Waals surface area contributed by atoms with E-state index in [1.54, 1.807) is 0 Å². The van der Waals surface area contributed by atoms with Crippen molar-refractivity contribution in [2.24, 2.45) is 0 Å². The molecule has 0 radical (unpaired) electrons. The van der Waals surface area contributed by atoms with E-state index >= 15 is 0 Å². The van der Waals surface area contributed by atoms with Crippen LogP contribution in [0.5, 0.6) is 0 Å². The summed E-state index contributed by atoms with van der Waals surface area (Å²) in [4.78, 5) is 18.5. The topological polar surface area (TPSA) is 57.5 Å². The van der Waals surface area contributed by atoms with Gasteiger partial charge in [-0.3, -0.25) is 4.57 Å². The Labute approximate surface area is 116 Å². The van der Waals surface area contributed by atoms with Crippen molar-refractivity contribution in [1.29, 1.82) is 0 Å². The van der Waals surface area contributed by atoms with Crippen molar-refractivity contribution in [3.05, 3.63) is 33.9 Å². The monoisotopic (exact) mass is 284 g/mol. The van der Waals surface area contributed by atoms with E-state index < -0.39 is 7.60 Å². The van der Waals surface area contributed by atoms with E-state index in [0.29, 0.717) is 0 Å². The number of aryl methyl sites for hydroxylation is 1. The molecule has 0 spiro atoms. The van der Waals surface area contributed by atoms with Crippen LogP contribution in [0, 0.1) is 0 Å². The van der Waals surface area contributed by atoms with Gasteiger partial charge in [0.1, 0.15) is 0 Å². The molecule has 1 rings (SSSR count). The molecule has 0 saturated heterocycles. The summed E-state index contributed by atoms with van der Waals surface area (Å²) in [6.07, 6.45) is 3.51. The van der Waals surface area contributed by atoms with E-state index in [-0.39, 0.29) is 6.16 Å². The van der Waals surface area contributed by atoms with Crippen molar-refractivity contribution in [3.8, 4) is 0 Å². The molecule has 0 unspecified atom stereocenters. The average Bonchev–Trinajstić information content (AvgIpc) is 2.35. The van der Waals surface area contributed by atoms with Crippen LogP contribution in [0.25, 0.3) is 0 Å². The standard InChI is InChI=1S/C15H25O3P/c1-5-11-9-12(10-19(16,17)18)14(7-3)15(8-4)13(11)6-2/h9H,5-8,10H2,1-4H3,(H2,16,17,18). The van der Waals surface area contributed by atoms with Gasteiger partial charge in [0.2, 0.25) is 0 Å². The minimum absolute atomic E-state index is 0.139. The van der Waals surface area contributed by atoms with Crippen LogP contribution in [0.2, 0.25) is 0 Å². The van der Waals surface area contributed by atoms with Gasteiger partial charge in [-0.15, -0.1) is 0 Å². The lowest BCUT2D eigenvalue weighted by molar-refractivity contribution is 0.371. The van der Waals surface area contributed by atoms with Crippen LogP contribution >= 0.6 is 7.60 Å². The quantitative estimate of drug-likeness (QED) is 0.784.